The first-order valence-electron chi connectivity index (χ1n) is 6.97. The van der Waals surface area contributed by atoms with Gasteiger partial charge in [0.25, 0.3) is 11.7 Å². The van der Waals surface area contributed by atoms with Gasteiger partial charge in [-0.05, 0) is 12.1 Å². The van der Waals surface area contributed by atoms with E-state index in [9.17, 15) is 4.79 Å². The SMILES string of the molecule is Cn1c(CNC(=O)c2nc(Cl)cnc2N)[n+](C)c2ccccc21. The van der Waals surface area contributed by atoms with Gasteiger partial charge < -0.3 is 11.1 Å². The minimum Gasteiger partial charge on any atom is -0.382 e. The van der Waals surface area contributed by atoms with Gasteiger partial charge in [0, 0.05) is 0 Å². The first-order valence-corrected chi connectivity index (χ1v) is 7.35. The van der Waals surface area contributed by atoms with E-state index >= 15 is 0 Å². The maximum absolute atomic E-state index is 12.3. The van der Waals surface area contributed by atoms with E-state index in [4.69, 9.17) is 17.3 Å². The summed E-state index contributed by atoms with van der Waals surface area (Å²) in [6.07, 6.45) is 1.30. The second kappa shape index (κ2) is 5.85. The van der Waals surface area contributed by atoms with Crippen molar-refractivity contribution in [3.8, 4) is 0 Å². The average Bonchev–Trinajstić information content (AvgIpc) is 2.79. The summed E-state index contributed by atoms with van der Waals surface area (Å²) in [5.74, 6) is 0.573. The van der Waals surface area contributed by atoms with Crippen LogP contribution >= 0.6 is 11.6 Å². The topological polar surface area (TPSA) is 89.7 Å². The number of aromatic nitrogens is 4. The normalized spacial score (nSPS) is 10.9. The Labute approximate surface area is 137 Å². The molecule has 2 heterocycles. The highest BCUT2D eigenvalue weighted by molar-refractivity contribution is 6.29. The number of nitrogens with two attached hydrogens (primary N) is 1. The summed E-state index contributed by atoms with van der Waals surface area (Å²) in [6, 6.07) is 8.02. The lowest BCUT2D eigenvalue weighted by atomic mass is 10.3. The van der Waals surface area contributed by atoms with Crippen LogP contribution in [0.3, 0.4) is 0 Å². The summed E-state index contributed by atoms with van der Waals surface area (Å²) in [4.78, 5) is 20.0. The minimum absolute atomic E-state index is 0.0268. The monoisotopic (exact) mass is 331 g/mol. The molecular weight excluding hydrogens is 316 g/mol. The van der Waals surface area contributed by atoms with E-state index in [1.807, 2.05) is 47.5 Å². The van der Waals surface area contributed by atoms with Gasteiger partial charge in [0.05, 0.1) is 20.3 Å². The van der Waals surface area contributed by atoms with Crippen LogP contribution in [0.4, 0.5) is 5.82 Å². The number of anilines is 1. The number of carbonyl (C=O) groups is 1. The molecule has 1 amide bonds. The number of para-hydroxylation sites is 2. The highest BCUT2D eigenvalue weighted by Gasteiger charge is 2.21. The van der Waals surface area contributed by atoms with Gasteiger partial charge in [-0.25, -0.2) is 19.1 Å². The largest absolute Gasteiger partial charge is 0.382 e. The van der Waals surface area contributed by atoms with Gasteiger partial charge in [0.2, 0.25) is 0 Å². The van der Waals surface area contributed by atoms with Gasteiger partial charge in [-0.3, -0.25) is 4.79 Å². The molecule has 8 heteroatoms. The summed E-state index contributed by atoms with van der Waals surface area (Å²) in [7, 11) is 3.91. The fourth-order valence-electron chi connectivity index (χ4n) is 2.56. The highest BCUT2D eigenvalue weighted by atomic mass is 35.5. The number of amides is 1. The predicted molar refractivity (Wildman–Crippen MR) is 86.7 cm³/mol. The standard InChI is InChI=1S/C15H15ClN6O/c1-21-9-5-3-4-6-10(9)22(2)12(21)8-19-15(23)13-14(17)18-7-11(16)20-13/h3-7H,8H2,1-2H3,(H2-,17,18,19,23)/p+1. The molecule has 3 aromatic rings. The van der Waals surface area contributed by atoms with Crippen LogP contribution < -0.4 is 15.6 Å². The average molecular weight is 332 g/mol. The van der Waals surface area contributed by atoms with Crippen molar-refractivity contribution in [2.75, 3.05) is 5.73 Å². The molecule has 0 fully saturated rings. The van der Waals surface area contributed by atoms with Crippen molar-refractivity contribution in [1.82, 2.24) is 19.9 Å². The maximum Gasteiger partial charge on any atom is 0.276 e. The van der Waals surface area contributed by atoms with Gasteiger partial charge in [-0.1, -0.05) is 23.7 Å². The first kappa shape index (κ1) is 15.2. The molecule has 0 aliphatic carbocycles. The highest BCUT2D eigenvalue weighted by Crippen LogP contribution is 2.13. The van der Waals surface area contributed by atoms with E-state index in [0.717, 1.165) is 16.9 Å². The van der Waals surface area contributed by atoms with Crippen LogP contribution in [0.2, 0.25) is 5.15 Å². The number of nitrogens with one attached hydrogen (secondary N) is 1. The van der Waals surface area contributed by atoms with Crippen LogP contribution in [0, 0.1) is 0 Å². The van der Waals surface area contributed by atoms with Crippen molar-refractivity contribution in [3.05, 3.63) is 47.1 Å². The third kappa shape index (κ3) is 2.70. The number of nitrogen functional groups attached to an aromatic ring is 1. The molecular formula is C15H16ClN6O+. The second-order valence-electron chi connectivity index (χ2n) is 5.13. The van der Waals surface area contributed by atoms with E-state index in [2.05, 4.69) is 15.3 Å². The van der Waals surface area contributed by atoms with Gasteiger partial charge >= 0.3 is 0 Å². The molecule has 23 heavy (non-hydrogen) atoms. The Bertz CT molecular complexity index is 865. The summed E-state index contributed by atoms with van der Waals surface area (Å²) in [5, 5.41) is 2.93. The van der Waals surface area contributed by atoms with Crippen molar-refractivity contribution in [2.45, 2.75) is 6.54 Å². The quantitative estimate of drug-likeness (QED) is 0.699. The van der Waals surface area contributed by atoms with Crippen LogP contribution in [0.5, 0.6) is 0 Å². The van der Waals surface area contributed by atoms with Crippen LogP contribution in [0.25, 0.3) is 11.0 Å². The molecule has 0 aliphatic rings. The Morgan fingerprint density at radius 1 is 1.43 bits per heavy atom. The Hall–Kier alpha value is -2.67. The van der Waals surface area contributed by atoms with Crippen molar-refractivity contribution >= 4 is 34.4 Å². The number of halogens is 1. The predicted octanol–water partition coefficient (Wildman–Crippen LogP) is 0.958. The summed E-state index contributed by atoms with van der Waals surface area (Å²) in [5.41, 5.74) is 7.87. The summed E-state index contributed by atoms with van der Waals surface area (Å²) in [6.45, 7) is 0.328. The lowest BCUT2D eigenvalue weighted by Crippen LogP contribution is -2.37. The number of rotatable bonds is 3. The molecule has 0 atom stereocenters. The molecule has 3 N–H and O–H groups in total. The van der Waals surface area contributed by atoms with Gasteiger partial charge in [0.15, 0.2) is 22.5 Å². The lowest BCUT2D eigenvalue weighted by Gasteiger charge is -2.05. The fraction of sp³-hybridized carbons (Fsp3) is 0.200. The van der Waals surface area contributed by atoms with E-state index in [1.54, 1.807) is 0 Å². The Morgan fingerprint density at radius 2 is 2.17 bits per heavy atom. The zero-order chi connectivity index (χ0) is 16.6. The fourth-order valence-corrected chi connectivity index (χ4v) is 2.69. The third-order valence-electron chi connectivity index (χ3n) is 3.77. The molecule has 2 aromatic heterocycles. The lowest BCUT2D eigenvalue weighted by molar-refractivity contribution is -0.654. The molecule has 7 nitrogen and oxygen atoms in total. The number of nitrogens with zero attached hydrogens (tertiary/aromatic N) is 4. The van der Waals surface area contributed by atoms with Crippen LogP contribution in [0.15, 0.2) is 30.5 Å². The van der Waals surface area contributed by atoms with Gasteiger partial charge in [-0.15, -0.1) is 0 Å². The molecule has 0 aliphatic heterocycles. The Morgan fingerprint density at radius 3 is 2.91 bits per heavy atom. The van der Waals surface area contributed by atoms with Crippen molar-refractivity contribution in [3.63, 3.8) is 0 Å². The third-order valence-corrected chi connectivity index (χ3v) is 3.95. The Kier molecular flexibility index (Phi) is 3.87. The molecule has 3 rings (SSSR count). The van der Waals surface area contributed by atoms with E-state index < -0.39 is 5.91 Å². The van der Waals surface area contributed by atoms with Gasteiger partial charge in [0.1, 0.15) is 11.7 Å². The molecule has 0 spiro atoms. The molecule has 1 aromatic carbocycles. The second-order valence-corrected chi connectivity index (χ2v) is 5.52. The summed E-state index contributed by atoms with van der Waals surface area (Å²) >= 11 is 5.76. The number of benzene rings is 1. The first-order chi connectivity index (χ1) is 11.0. The molecule has 0 saturated heterocycles. The summed E-state index contributed by atoms with van der Waals surface area (Å²) < 4.78 is 4.06. The molecule has 0 saturated carbocycles. The van der Waals surface area contributed by atoms with E-state index in [1.165, 1.54) is 6.20 Å². The van der Waals surface area contributed by atoms with Crippen molar-refractivity contribution in [1.29, 1.82) is 0 Å². The van der Waals surface area contributed by atoms with Crippen LogP contribution in [-0.4, -0.2) is 20.4 Å². The molecule has 0 radical (unpaired) electrons. The minimum atomic E-state index is -0.414. The zero-order valence-electron chi connectivity index (χ0n) is 12.7. The van der Waals surface area contributed by atoms with Crippen molar-refractivity contribution < 1.29 is 9.36 Å². The van der Waals surface area contributed by atoms with Crippen LogP contribution in [-0.2, 0) is 20.6 Å². The number of hydrogen-bond acceptors (Lipinski definition) is 4. The number of imidazole rings is 1. The van der Waals surface area contributed by atoms with Gasteiger partial charge in [-0.2, -0.15) is 0 Å². The van der Waals surface area contributed by atoms with Crippen molar-refractivity contribution in [2.24, 2.45) is 14.1 Å². The van der Waals surface area contributed by atoms with E-state index in [-0.39, 0.29) is 16.7 Å². The number of fused-ring (bicyclic) bond motifs is 1. The molecule has 0 bridgehead atoms. The Balaban J connectivity index is 1.86. The maximum atomic E-state index is 12.3. The van der Waals surface area contributed by atoms with Crippen LogP contribution in [0.1, 0.15) is 16.3 Å². The number of hydrogen-bond donors (Lipinski definition) is 2. The molecule has 0 unspecified atom stereocenters. The number of carbonyl (C=O) groups excluding carboxylic acids is 1. The van der Waals surface area contributed by atoms with E-state index in [0.29, 0.717) is 6.54 Å². The number of aryl methyl sites for hydroxylation is 2. The smallest absolute Gasteiger partial charge is 0.276 e. The zero-order valence-corrected chi connectivity index (χ0v) is 13.5. The molecule has 118 valence electrons.